The second kappa shape index (κ2) is 7.40. The van der Waals surface area contributed by atoms with E-state index in [2.05, 4.69) is 32.2 Å². The molecule has 1 heterocycles. The van der Waals surface area contributed by atoms with Gasteiger partial charge in [0.25, 0.3) is 5.91 Å². The van der Waals surface area contributed by atoms with E-state index in [1.165, 1.54) is 0 Å². The van der Waals surface area contributed by atoms with Gasteiger partial charge in [-0.05, 0) is 63.1 Å². The van der Waals surface area contributed by atoms with Crippen molar-refractivity contribution in [3.8, 4) is 11.5 Å². The lowest BCUT2D eigenvalue weighted by Gasteiger charge is -2.38. The molecule has 1 aliphatic rings. The number of nitrogens with one attached hydrogen (secondary N) is 1. The van der Waals surface area contributed by atoms with Crippen molar-refractivity contribution in [2.75, 3.05) is 6.61 Å². The fourth-order valence-corrected chi connectivity index (χ4v) is 3.25. The zero-order valence-electron chi connectivity index (χ0n) is 16.0. The average Bonchev–Trinajstić information content (AvgIpc) is 2.59. The minimum Gasteiger partial charge on any atom is -0.494 e. The Bertz CT molecular complexity index is 780. The lowest BCUT2D eigenvalue weighted by molar-refractivity contribution is 0.0619. The van der Waals surface area contributed by atoms with E-state index in [1.54, 1.807) is 12.1 Å². The highest BCUT2D eigenvalue weighted by atomic mass is 16.5. The molecule has 1 unspecified atom stereocenters. The van der Waals surface area contributed by atoms with Crippen LogP contribution in [0.5, 0.6) is 11.5 Å². The maximum absolute atomic E-state index is 12.7. The number of carbonyl (C=O) groups is 1. The maximum atomic E-state index is 12.7. The van der Waals surface area contributed by atoms with Gasteiger partial charge in [0.05, 0.1) is 12.6 Å². The van der Waals surface area contributed by atoms with E-state index < -0.39 is 0 Å². The highest BCUT2D eigenvalue weighted by Gasteiger charge is 2.34. The molecule has 0 fully saturated rings. The summed E-state index contributed by atoms with van der Waals surface area (Å²) in [5.41, 5.74) is 2.49. The van der Waals surface area contributed by atoms with Gasteiger partial charge in [-0.1, -0.05) is 19.1 Å². The first-order chi connectivity index (χ1) is 12.4. The number of fused-ring (bicyclic) bond motifs is 1. The number of hydrogen-bond donors (Lipinski definition) is 1. The van der Waals surface area contributed by atoms with Gasteiger partial charge in [-0.15, -0.1) is 0 Å². The van der Waals surface area contributed by atoms with E-state index in [0.29, 0.717) is 12.2 Å². The van der Waals surface area contributed by atoms with E-state index in [0.717, 1.165) is 35.5 Å². The van der Waals surface area contributed by atoms with Crippen molar-refractivity contribution in [2.45, 2.75) is 52.2 Å². The van der Waals surface area contributed by atoms with Crippen molar-refractivity contribution in [3.63, 3.8) is 0 Å². The molecule has 1 N–H and O–H groups in total. The molecule has 0 spiro atoms. The average molecular weight is 353 g/mol. The third-order valence-electron chi connectivity index (χ3n) is 4.52. The second-order valence-electron chi connectivity index (χ2n) is 7.51. The summed E-state index contributed by atoms with van der Waals surface area (Å²) < 4.78 is 11.7. The Labute approximate surface area is 155 Å². The molecule has 0 bridgehead atoms. The number of rotatable bonds is 5. The molecule has 0 saturated carbocycles. The smallest absolute Gasteiger partial charge is 0.251 e. The van der Waals surface area contributed by atoms with Gasteiger partial charge in [-0.3, -0.25) is 4.79 Å². The lowest BCUT2D eigenvalue weighted by atomic mass is 9.89. The van der Waals surface area contributed by atoms with Gasteiger partial charge in [0, 0.05) is 17.5 Å². The van der Waals surface area contributed by atoms with Crippen LogP contribution in [-0.2, 0) is 0 Å². The summed E-state index contributed by atoms with van der Waals surface area (Å²) in [7, 11) is 0. The SMILES string of the molecule is CCCOc1ccc(C(=O)NC2CC(C)(C)Oc3cc(C)ccc32)cc1. The minimum atomic E-state index is -0.323. The summed E-state index contributed by atoms with van der Waals surface area (Å²) in [4.78, 5) is 12.7. The van der Waals surface area contributed by atoms with Gasteiger partial charge in [0.15, 0.2) is 0 Å². The molecule has 0 saturated heterocycles. The van der Waals surface area contributed by atoms with E-state index in [-0.39, 0.29) is 17.6 Å². The van der Waals surface area contributed by atoms with Crippen molar-refractivity contribution in [2.24, 2.45) is 0 Å². The predicted molar refractivity (Wildman–Crippen MR) is 103 cm³/mol. The van der Waals surface area contributed by atoms with Gasteiger partial charge in [0.1, 0.15) is 17.1 Å². The molecule has 1 amide bonds. The van der Waals surface area contributed by atoms with Crippen LogP contribution >= 0.6 is 0 Å². The number of amides is 1. The predicted octanol–water partition coefficient (Wildman–Crippen LogP) is 4.82. The lowest BCUT2D eigenvalue weighted by Crippen LogP contribution is -2.41. The Morgan fingerprint density at radius 1 is 1.23 bits per heavy atom. The topological polar surface area (TPSA) is 47.6 Å². The van der Waals surface area contributed by atoms with E-state index in [4.69, 9.17) is 9.47 Å². The van der Waals surface area contributed by atoms with Crippen LogP contribution in [0.15, 0.2) is 42.5 Å². The van der Waals surface area contributed by atoms with Gasteiger partial charge < -0.3 is 14.8 Å². The van der Waals surface area contributed by atoms with E-state index >= 15 is 0 Å². The van der Waals surface area contributed by atoms with Gasteiger partial charge >= 0.3 is 0 Å². The van der Waals surface area contributed by atoms with Crippen molar-refractivity contribution < 1.29 is 14.3 Å². The molecule has 1 atom stereocenters. The Hall–Kier alpha value is -2.49. The fourth-order valence-electron chi connectivity index (χ4n) is 3.25. The Balaban J connectivity index is 1.76. The highest BCUT2D eigenvalue weighted by Crippen LogP contribution is 2.40. The Kier molecular flexibility index (Phi) is 5.21. The summed E-state index contributed by atoms with van der Waals surface area (Å²) in [6.45, 7) is 8.89. The van der Waals surface area contributed by atoms with Crippen LogP contribution < -0.4 is 14.8 Å². The van der Waals surface area contributed by atoms with Crippen LogP contribution in [0.4, 0.5) is 0 Å². The number of carbonyl (C=O) groups excluding carboxylic acids is 1. The first-order valence-electron chi connectivity index (χ1n) is 9.21. The number of benzene rings is 2. The van der Waals surface area contributed by atoms with E-state index in [9.17, 15) is 4.79 Å². The molecule has 0 aromatic heterocycles. The van der Waals surface area contributed by atoms with Crippen molar-refractivity contribution >= 4 is 5.91 Å². The molecule has 0 radical (unpaired) electrons. The number of ether oxygens (including phenoxy) is 2. The molecule has 26 heavy (non-hydrogen) atoms. The largest absolute Gasteiger partial charge is 0.494 e. The Morgan fingerprint density at radius 3 is 2.65 bits per heavy atom. The second-order valence-corrected chi connectivity index (χ2v) is 7.51. The third kappa shape index (κ3) is 4.18. The van der Waals surface area contributed by atoms with Crippen molar-refractivity contribution in [1.29, 1.82) is 0 Å². The fraction of sp³-hybridized carbons (Fsp3) is 0.409. The number of hydrogen-bond acceptors (Lipinski definition) is 3. The summed E-state index contributed by atoms with van der Waals surface area (Å²) >= 11 is 0. The monoisotopic (exact) mass is 353 g/mol. The van der Waals surface area contributed by atoms with Crippen LogP contribution in [-0.4, -0.2) is 18.1 Å². The minimum absolute atomic E-state index is 0.0714. The molecule has 4 nitrogen and oxygen atoms in total. The van der Waals surface area contributed by atoms with Gasteiger partial charge in [0.2, 0.25) is 0 Å². The van der Waals surface area contributed by atoms with Crippen LogP contribution in [0.25, 0.3) is 0 Å². The maximum Gasteiger partial charge on any atom is 0.251 e. The third-order valence-corrected chi connectivity index (χ3v) is 4.52. The number of aryl methyl sites for hydroxylation is 1. The van der Waals surface area contributed by atoms with E-state index in [1.807, 2.05) is 31.2 Å². The van der Waals surface area contributed by atoms with Crippen LogP contribution in [0.2, 0.25) is 0 Å². The van der Waals surface area contributed by atoms with Crippen LogP contribution in [0.1, 0.15) is 61.1 Å². The Morgan fingerprint density at radius 2 is 1.96 bits per heavy atom. The van der Waals surface area contributed by atoms with Gasteiger partial charge in [-0.2, -0.15) is 0 Å². The zero-order chi connectivity index (χ0) is 18.7. The van der Waals surface area contributed by atoms with Crippen molar-refractivity contribution in [3.05, 3.63) is 59.2 Å². The molecule has 1 aliphatic heterocycles. The highest BCUT2D eigenvalue weighted by molar-refractivity contribution is 5.94. The molecule has 0 aliphatic carbocycles. The van der Waals surface area contributed by atoms with Crippen LogP contribution in [0.3, 0.4) is 0 Å². The molecule has 3 rings (SSSR count). The summed E-state index contributed by atoms with van der Waals surface area (Å²) in [6, 6.07) is 13.4. The molecule has 2 aromatic rings. The van der Waals surface area contributed by atoms with Crippen LogP contribution in [0, 0.1) is 6.92 Å². The summed E-state index contributed by atoms with van der Waals surface area (Å²) in [6.07, 6.45) is 1.69. The molecule has 138 valence electrons. The molecule has 4 heteroatoms. The quantitative estimate of drug-likeness (QED) is 0.838. The first-order valence-corrected chi connectivity index (χ1v) is 9.21. The summed E-state index contributed by atoms with van der Waals surface area (Å²) in [5.74, 6) is 1.56. The summed E-state index contributed by atoms with van der Waals surface area (Å²) in [5, 5.41) is 3.17. The molecule has 2 aromatic carbocycles. The van der Waals surface area contributed by atoms with Crippen molar-refractivity contribution in [1.82, 2.24) is 5.32 Å². The van der Waals surface area contributed by atoms with Gasteiger partial charge in [-0.25, -0.2) is 0 Å². The molecular weight excluding hydrogens is 326 g/mol. The standard InChI is InChI=1S/C22H27NO3/c1-5-12-25-17-9-7-16(8-10-17)21(24)23-19-14-22(3,4)26-20-13-15(2)6-11-18(19)20/h6-11,13,19H,5,12,14H2,1-4H3,(H,23,24). The first kappa shape index (κ1) is 18.3. The molecular formula is C22H27NO3. The normalized spacial score (nSPS) is 17.8. The zero-order valence-corrected chi connectivity index (χ0v) is 16.0.